The van der Waals surface area contributed by atoms with E-state index in [4.69, 9.17) is 0 Å². The molecule has 1 atom stereocenters. The van der Waals surface area contributed by atoms with Crippen molar-refractivity contribution in [2.75, 3.05) is 7.05 Å². The summed E-state index contributed by atoms with van der Waals surface area (Å²) in [5, 5.41) is 9.98. The van der Waals surface area contributed by atoms with Crippen LogP contribution in [-0.2, 0) is 22.6 Å². The highest BCUT2D eigenvalue weighted by molar-refractivity contribution is 5.80. The van der Waals surface area contributed by atoms with Crippen molar-refractivity contribution in [1.29, 1.82) is 0 Å². The first-order valence-electron chi connectivity index (χ1n) is 10.7. The van der Waals surface area contributed by atoms with Crippen molar-refractivity contribution in [1.82, 2.24) is 20.4 Å². The van der Waals surface area contributed by atoms with Crippen LogP contribution in [0.5, 0.6) is 0 Å². The second-order valence-electron chi connectivity index (χ2n) is 8.40. The Kier molecular flexibility index (Phi) is 6.16. The summed E-state index contributed by atoms with van der Waals surface area (Å²) >= 11 is 0. The fourth-order valence-electron chi connectivity index (χ4n) is 4.27. The second-order valence-corrected chi connectivity index (χ2v) is 8.40. The lowest BCUT2D eigenvalue weighted by atomic mass is 9.84. The predicted octanol–water partition coefficient (Wildman–Crippen LogP) is 3.71. The van der Waals surface area contributed by atoms with Crippen molar-refractivity contribution < 1.29 is 9.59 Å². The van der Waals surface area contributed by atoms with E-state index in [1.54, 1.807) is 18.1 Å². The van der Waals surface area contributed by atoms with Crippen LogP contribution in [0.15, 0.2) is 66.9 Å². The normalized spacial score (nSPS) is 18.0. The highest BCUT2D eigenvalue weighted by Crippen LogP contribution is 2.30. The standard InChI is InChI=1S/C25H28N4O2/c1-29(18-22-13-16-26-28-22)24(31)12-15-25(14-11-23(30)27-25)17-19-7-9-21(10-8-19)20-5-3-2-4-6-20/h2-10,13,16H,11-12,14-15,17-18H2,1H3,(H,26,28)(H,27,30)/t25-/m1/s1. The van der Waals surface area contributed by atoms with Crippen LogP contribution in [0.1, 0.15) is 36.9 Å². The number of benzene rings is 2. The predicted molar refractivity (Wildman–Crippen MR) is 120 cm³/mol. The van der Waals surface area contributed by atoms with Crippen LogP contribution in [0, 0.1) is 0 Å². The Balaban J connectivity index is 1.41. The molecule has 0 radical (unpaired) electrons. The van der Waals surface area contributed by atoms with Crippen LogP contribution < -0.4 is 5.32 Å². The monoisotopic (exact) mass is 416 g/mol. The molecule has 3 aromatic rings. The Labute approximate surface area is 182 Å². The lowest BCUT2D eigenvalue weighted by Gasteiger charge is -2.30. The Morgan fingerprint density at radius 1 is 1.06 bits per heavy atom. The number of amides is 2. The maximum atomic E-state index is 12.7. The van der Waals surface area contributed by atoms with Crippen LogP contribution in [0.4, 0.5) is 0 Å². The highest BCUT2D eigenvalue weighted by Gasteiger charge is 2.38. The molecule has 160 valence electrons. The number of carbonyl (C=O) groups is 2. The summed E-state index contributed by atoms with van der Waals surface area (Å²) in [4.78, 5) is 26.4. The van der Waals surface area contributed by atoms with Gasteiger partial charge in [-0.05, 0) is 42.0 Å². The molecule has 1 aromatic heterocycles. The van der Waals surface area contributed by atoms with Gasteiger partial charge in [0, 0.05) is 31.6 Å². The molecular weight excluding hydrogens is 388 g/mol. The Morgan fingerprint density at radius 2 is 1.81 bits per heavy atom. The van der Waals surface area contributed by atoms with Crippen LogP contribution in [0.2, 0.25) is 0 Å². The molecule has 0 spiro atoms. The van der Waals surface area contributed by atoms with E-state index >= 15 is 0 Å². The Bertz CT molecular complexity index is 1020. The summed E-state index contributed by atoms with van der Waals surface area (Å²) in [6, 6.07) is 20.6. The van der Waals surface area contributed by atoms with E-state index in [-0.39, 0.29) is 17.4 Å². The maximum absolute atomic E-state index is 12.7. The summed E-state index contributed by atoms with van der Waals surface area (Å²) in [5.41, 5.74) is 4.06. The Hall–Kier alpha value is -3.41. The van der Waals surface area contributed by atoms with E-state index in [2.05, 4.69) is 51.9 Å². The van der Waals surface area contributed by atoms with E-state index < -0.39 is 0 Å². The number of aromatic nitrogens is 2. The number of nitrogens with zero attached hydrogens (tertiary/aromatic N) is 2. The van der Waals surface area contributed by atoms with Crippen LogP contribution >= 0.6 is 0 Å². The van der Waals surface area contributed by atoms with Crippen molar-refractivity contribution in [3.05, 3.63) is 78.1 Å². The molecule has 1 aliphatic rings. The number of hydrogen-bond donors (Lipinski definition) is 2. The van der Waals surface area contributed by atoms with Crippen LogP contribution in [0.3, 0.4) is 0 Å². The molecule has 31 heavy (non-hydrogen) atoms. The third-order valence-electron chi connectivity index (χ3n) is 6.05. The van der Waals surface area contributed by atoms with E-state index in [9.17, 15) is 9.59 Å². The fraction of sp³-hybridized carbons (Fsp3) is 0.320. The van der Waals surface area contributed by atoms with Gasteiger partial charge in [-0.15, -0.1) is 0 Å². The zero-order valence-electron chi connectivity index (χ0n) is 17.8. The van der Waals surface area contributed by atoms with Gasteiger partial charge in [-0.2, -0.15) is 5.10 Å². The van der Waals surface area contributed by atoms with Gasteiger partial charge in [-0.1, -0.05) is 54.6 Å². The van der Waals surface area contributed by atoms with Gasteiger partial charge < -0.3 is 10.2 Å². The molecule has 2 heterocycles. The zero-order chi connectivity index (χ0) is 21.7. The molecule has 1 fully saturated rings. The van der Waals surface area contributed by atoms with E-state index in [0.29, 0.717) is 25.8 Å². The van der Waals surface area contributed by atoms with Crippen molar-refractivity contribution in [2.45, 2.75) is 44.2 Å². The molecule has 2 amide bonds. The number of rotatable bonds is 8. The minimum absolute atomic E-state index is 0.0644. The largest absolute Gasteiger partial charge is 0.350 e. The lowest BCUT2D eigenvalue weighted by Crippen LogP contribution is -2.44. The van der Waals surface area contributed by atoms with Gasteiger partial charge in [0.1, 0.15) is 0 Å². The highest BCUT2D eigenvalue weighted by atomic mass is 16.2. The fourth-order valence-corrected chi connectivity index (χ4v) is 4.27. The SMILES string of the molecule is CN(Cc1ccn[nH]1)C(=O)CC[C@@]1(Cc2ccc(-c3ccccc3)cc2)CCC(=O)N1. The second kappa shape index (κ2) is 9.16. The average molecular weight is 417 g/mol. The molecule has 6 heteroatoms. The molecule has 0 unspecified atom stereocenters. The van der Waals surface area contributed by atoms with Gasteiger partial charge >= 0.3 is 0 Å². The molecule has 1 saturated heterocycles. The van der Waals surface area contributed by atoms with Gasteiger partial charge in [-0.3, -0.25) is 14.7 Å². The smallest absolute Gasteiger partial charge is 0.222 e. The molecule has 6 nitrogen and oxygen atoms in total. The van der Waals surface area contributed by atoms with Gasteiger partial charge in [0.25, 0.3) is 0 Å². The molecule has 0 bridgehead atoms. The summed E-state index contributed by atoms with van der Waals surface area (Å²) in [6.07, 6.45) is 4.70. The molecule has 2 aromatic carbocycles. The molecule has 2 N–H and O–H groups in total. The molecular formula is C25H28N4O2. The Morgan fingerprint density at radius 3 is 2.45 bits per heavy atom. The third-order valence-corrected chi connectivity index (χ3v) is 6.05. The van der Waals surface area contributed by atoms with Crippen LogP contribution in [0.25, 0.3) is 11.1 Å². The molecule has 0 aliphatic carbocycles. The first-order valence-corrected chi connectivity index (χ1v) is 10.7. The van der Waals surface area contributed by atoms with E-state index in [0.717, 1.165) is 18.5 Å². The van der Waals surface area contributed by atoms with Gasteiger partial charge in [0.2, 0.25) is 11.8 Å². The van der Waals surface area contributed by atoms with E-state index in [1.807, 2.05) is 24.3 Å². The van der Waals surface area contributed by atoms with Crippen molar-refractivity contribution in [3.8, 4) is 11.1 Å². The first kappa shape index (κ1) is 20.8. The van der Waals surface area contributed by atoms with Crippen molar-refractivity contribution >= 4 is 11.8 Å². The molecule has 0 saturated carbocycles. The third kappa shape index (κ3) is 5.20. The van der Waals surface area contributed by atoms with E-state index in [1.165, 1.54) is 16.7 Å². The van der Waals surface area contributed by atoms with Crippen molar-refractivity contribution in [2.24, 2.45) is 0 Å². The quantitative estimate of drug-likeness (QED) is 0.588. The van der Waals surface area contributed by atoms with Crippen LogP contribution in [-0.4, -0.2) is 39.5 Å². The summed E-state index contributed by atoms with van der Waals surface area (Å²) in [7, 11) is 1.80. The number of nitrogens with one attached hydrogen (secondary N) is 2. The summed E-state index contributed by atoms with van der Waals surface area (Å²) in [6.45, 7) is 0.499. The van der Waals surface area contributed by atoms with Gasteiger partial charge in [0.15, 0.2) is 0 Å². The van der Waals surface area contributed by atoms with Gasteiger partial charge in [-0.25, -0.2) is 0 Å². The lowest BCUT2D eigenvalue weighted by molar-refractivity contribution is -0.131. The maximum Gasteiger partial charge on any atom is 0.222 e. The summed E-state index contributed by atoms with van der Waals surface area (Å²) < 4.78 is 0. The molecule has 1 aliphatic heterocycles. The topological polar surface area (TPSA) is 78.1 Å². The number of hydrogen-bond acceptors (Lipinski definition) is 3. The minimum Gasteiger partial charge on any atom is -0.350 e. The number of carbonyl (C=O) groups excluding carboxylic acids is 2. The van der Waals surface area contributed by atoms with Gasteiger partial charge in [0.05, 0.1) is 12.2 Å². The number of H-pyrrole nitrogens is 1. The number of aromatic amines is 1. The minimum atomic E-state index is -0.365. The zero-order valence-corrected chi connectivity index (χ0v) is 17.8. The first-order chi connectivity index (χ1) is 15.0. The average Bonchev–Trinajstić information content (AvgIpc) is 3.43. The van der Waals surface area contributed by atoms with Crippen molar-refractivity contribution in [3.63, 3.8) is 0 Å². The molecule has 4 rings (SSSR count). The summed E-state index contributed by atoms with van der Waals surface area (Å²) in [5.74, 6) is 0.133.